The van der Waals surface area contributed by atoms with E-state index in [4.69, 9.17) is 9.72 Å². The van der Waals surface area contributed by atoms with Crippen LogP contribution in [0.15, 0.2) is 146 Å². The van der Waals surface area contributed by atoms with E-state index in [0.29, 0.717) is 11.5 Å². The Hall–Kier alpha value is -6.62. The van der Waals surface area contributed by atoms with Crippen molar-refractivity contribution in [2.75, 3.05) is 9.80 Å². The summed E-state index contributed by atoms with van der Waals surface area (Å²) in [4.78, 5) is 9.64. The van der Waals surface area contributed by atoms with Crippen molar-refractivity contribution in [1.82, 2.24) is 14.1 Å². The summed E-state index contributed by atoms with van der Waals surface area (Å²) >= 11 is 0. The second-order valence-corrected chi connectivity index (χ2v) is 25.6. The Morgan fingerprint density at radius 2 is 1.04 bits per heavy atom. The smallest absolute Gasteiger partial charge is 0.135 e. The van der Waals surface area contributed by atoms with Crippen LogP contribution in [0.1, 0.15) is 126 Å². The molecule has 7 aromatic carbocycles. The second-order valence-electron chi connectivity index (χ2n) is 25.6. The van der Waals surface area contributed by atoms with Gasteiger partial charge >= 0.3 is 0 Å². The van der Waals surface area contributed by atoms with Gasteiger partial charge < -0.3 is 23.7 Å². The molecule has 3 aromatic heterocycles. The molecule has 6 nitrogen and oxygen atoms in total. The van der Waals surface area contributed by atoms with Gasteiger partial charge in [-0.3, -0.25) is 0 Å². The zero-order chi connectivity index (χ0) is 52.4. The first kappa shape index (κ1) is 51.8. The molecular formula is C68H70N5OPt-3. The predicted octanol–water partition coefficient (Wildman–Crippen LogP) is 18.6. The third kappa shape index (κ3) is 9.26. The number of hydrogen-bond acceptors (Lipinski definition) is 4. The van der Waals surface area contributed by atoms with Crippen LogP contribution in [-0.2, 0) is 48.3 Å². The molecule has 0 spiro atoms. The molecule has 1 aliphatic heterocycles. The quantitative estimate of drug-likeness (QED) is 0.149. The van der Waals surface area contributed by atoms with Crippen LogP contribution in [0.25, 0.3) is 60.9 Å². The second kappa shape index (κ2) is 18.3. The molecular weight excluding hydrogens is 1100 g/mol. The maximum Gasteiger partial charge on any atom is 0.135 e. The Morgan fingerprint density at radius 3 is 1.67 bits per heavy atom. The molecule has 0 amide bonds. The molecule has 0 radical (unpaired) electrons. The van der Waals surface area contributed by atoms with Crippen molar-refractivity contribution in [3.8, 4) is 39.6 Å². The Labute approximate surface area is 460 Å². The van der Waals surface area contributed by atoms with Crippen molar-refractivity contribution in [1.29, 1.82) is 0 Å². The van der Waals surface area contributed by atoms with Gasteiger partial charge in [0, 0.05) is 83.5 Å². The van der Waals surface area contributed by atoms with E-state index in [0.717, 1.165) is 50.5 Å². The molecule has 4 heterocycles. The monoisotopic (exact) mass is 1170 g/mol. The Bertz CT molecular complexity index is 3730. The zero-order valence-corrected chi connectivity index (χ0v) is 48.7. The molecule has 7 heteroatoms. The Morgan fingerprint density at radius 1 is 0.467 bits per heavy atom. The average Bonchev–Trinajstić information content (AvgIpc) is 4.02. The molecule has 386 valence electrons. The average molecular weight is 1170 g/mol. The van der Waals surface area contributed by atoms with E-state index in [1.54, 1.807) is 0 Å². The van der Waals surface area contributed by atoms with Crippen molar-refractivity contribution in [3.05, 3.63) is 187 Å². The molecule has 0 aliphatic carbocycles. The first-order valence-electron chi connectivity index (χ1n) is 26.3. The topological polar surface area (TPSA) is 38.5 Å². The van der Waals surface area contributed by atoms with E-state index in [-0.39, 0.29) is 48.3 Å². The van der Waals surface area contributed by atoms with Gasteiger partial charge in [0.25, 0.3) is 0 Å². The fourth-order valence-electron chi connectivity index (χ4n) is 10.8. The predicted molar refractivity (Wildman–Crippen MR) is 312 cm³/mol. The first-order valence-corrected chi connectivity index (χ1v) is 26.3. The van der Waals surface area contributed by atoms with Gasteiger partial charge in [-0.2, -0.15) is 6.07 Å². The van der Waals surface area contributed by atoms with E-state index < -0.39 is 0 Å². The molecule has 10 aromatic rings. The van der Waals surface area contributed by atoms with Crippen LogP contribution in [0.5, 0.6) is 11.5 Å². The van der Waals surface area contributed by atoms with Gasteiger partial charge in [-0.25, -0.2) is 4.98 Å². The van der Waals surface area contributed by atoms with Crippen LogP contribution in [-0.4, -0.2) is 14.1 Å². The summed E-state index contributed by atoms with van der Waals surface area (Å²) in [5.41, 5.74) is 17.8. The summed E-state index contributed by atoms with van der Waals surface area (Å²) in [5, 5.41) is 2.37. The molecule has 0 bridgehead atoms. The summed E-state index contributed by atoms with van der Waals surface area (Å²) in [6.07, 6.45) is 1.93. The first-order chi connectivity index (χ1) is 34.8. The fraction of sp³-hybridized carbons (Fsp3) is 0.294. The number of nitrogens with zero attached hydrogens (tertiary/aromatic N) is 5. The van der Waals surface area contributed by atoms with Crippen LogP contribution in [0.2, 0.25) is 0 Å². The van der Waals surface area contributed by atoms with E-state index >= 15 is 0 Å². The van der Waals surface area contributed by atoms with Gasteiger partial charge in [0.15, 0.2) is 0 Å². The molecule has 0 atom stereocenters. The van der Waals surface area contributed by atoms with Crippen molar-refractivity contribution in [2.45, 2.75) is 131 Å². The van der Waals surface area contributed by atoms with Gasteiger partial charge in [-0.15, -0.1) is 42.7 Å². The number of benzene rings is 7. The van der Waals surface area contributed by atoms with Crippen LogP contribution >= 0.6 is 0 Å². The largest absolute Gasteiger partial charge is 0.509 e. The number of hydrogen-bond donors (Lipinski definition) is 0. The van der Waals surface area contributed by atoms with Crippen LogP contribution in [0.3, 0.4) is 0 Å². The third-order valence-corrected chi connectivity index (χ3v) is 14.9. The summed E-state index contributed by atoms with van der Waals surface area (Å²) in [7, 11) is 0. The van der Waals surface area contributed by atoms with E-state index in [9.17, 15) is 0 Å². The van der Waals surface area contributed by atoms with Crippen LogP contribution in [0.4, 0.5) is 22.7 Å². The number of rotatable bonds is 7. The molecule has 75 heavy (non-hydrogen) atoms. The number of anilines is 4. The minimum Gasteiger partial charge on any atom is -0.509 e. The number of ether oxygens (including phenoxy) is 1. The van der Waals surface area contributed by atoms with Crippen LogP contribution < -0.4 is 14.5 Å². The Kier molecular flexibility index (Phi) is 12.6. The summed E-state index contributed by atoms with van der Waals surface area (Å²) in [6, 6.07) is 58.5. The summed E-state index contributed by atoms with van der Waals surface area (Å²) in [6.45, 7) is 36.7. The number of pyridine rings is 1. The normalized spacial score (nSPS) is 13.6. The van der Waals surface area contributed by atoms with Gasteiger partial charge in [0.05, 0.1) is 0 Å². The SMILES string of the molecule is CC(C)(C)c1cc(-c2cc(C(C)(C)C)cc(-c3ccccc3)c2N2[CH-]N(c3[c-]c(Oc4[c-]c5c6c7c(cccc7n(C(C)(C)C)c6c4)n5-c4cc(C(C)(C)C)ccn4)ccc3)c3ccccc32)cc(C(C)(C)C)c1.[Pt]. The van der Waals surface area contributed by atoms with Crippen molar-refractivity contribution in [2.24, 2.45) is 0 Å². The van der Waals surface area contributed by atoms with Crippen molar-refractivity contribution in [3.63, 3.8) is 0 Å². The molecule has 0 unspecified atom stereocenters. The van der Waals surface area contributed by atoms with E-state index in [1.807, 2.05) is 12.3 Å². The number of aromatic nitrogens is 3. The van der Waals surface area contributed by atoms with Crippen LogP contribution in [0, 0.1) is 18.8 Å². The standard InChI is InChI=1S/C68H70N5O.Pt/c1-64(2,3)45-31-32-69-60(38-45)72-56-29-22-30-57-61(56)62-58(72)40-51(41-59(62)73(57)68(13,14)15)74-50-26-21-25-49(39-50)70-42-71(55-28-20-19-27-54(55)70)63-52(43-23-17-16-18-24-43)36-48(67(10,11)12)37-53(63)44-33-46(65(4,5)6)35-47(34-44)66(7,8)9;/h16-38,41-42H,1-15H3;/q-3;. The Balaban J connectivity index is 0.00000641. The third-order valence-electron chi connectivity index (χ3n) is 14.9. The molecule has 1 aliphatic rings. The van der Waals surface area contributed by atoms with Crippen molar-refractivity contribution < 1.29 is 25.8 Å². The van der Waals surface area contributed by atoms with E-state index in [2.05, 4.69) is 275 Å². The molecule has 0 N–H and O–H groups in total. The van der Waals surface area contributed by atoms with E-state index in [1.165, 1.54) is 55.4 Å². The van der Waals surface area contributed by atoms with Gasteiger partial charge in [-0.1, -0.05) is 166 Å². The number of para-hydroxylation sites is 2. The van der Waals surface area contributed by atoms with Gasteiger partial charge in [0.1, 0.15) is 5.82 Å². The minimum absolute atomic E-state index is 0. The number of fused-ring (bicyclic) bond motifs is 1. The molecule has 11 rings (SSSR count). The minimum atomic E-state index is -0.213. The summed E-state index contributed by atoms with van der Waals surface area (Å²) < 4.78 is 11.7. The van der Waals surface area contributed by atoms with Crippen molar-refractivity contribution >= 4 is 55.6 Å². The molecule has 0 saturated carbocycles. The fourth-order valence-corrected chi connectivity index (χ4v) is 10.8. The molecule has 0 saturated heterocycles. The zero-order valence-electron chi connectivity index (χ0n) is 46.4. The molecule has 0 fully saturated rings. The summed E-state index contributed by atoms with van der Waals surface area (Å²) in [5.74, 6) is 2.07. The van der Waals surface area contributed by atoms with Gasteiger partial charge in [-0.05, 0) is 130 Å². The maximum absolute atomic E-state index is 6.99. The van der Waals surface area contributed by atoms with Gasteiger partial charge in [0.2, 0.25) is 0 Å². The maximum atomic E-state index is 6.99.